The van der Waals surface area contributed by atoms with Crippen molar-refractivity contribution in [1.82, 2.24) is 5.32 Å². The van der Waals surface area contributed by atoms with E-state index in [-0.39, 0.29) is 32.4 Å². The number of methoxy groups -OCH3 is 1. The summed E-state index contributed by atoms with van der Waals surface area (Å²) in [4.78, 5) is 25.4. The number of carboxylic acid groups (broad SMARTS) is 2. The lowest BCUT2D eigenvalue weighted by Crippen LogP contribution is -2.44. The highest BCUT2D eigenvalue weighted by Gasteiger charge is 2.37. The molecule has 130 valence electrons. The fourth-order valence-corrected chi connectivity index (χ4v) is 2.29. The van der Waals surface area contributed by atoms with Crippen LogP contribution >= 0.6 is 0 Å². The molecule has 1 aliphatic rings. The molecule has 0 aliphatic heterocycles. The van der Waals surface area contributed by atoms with Crippen molar-refractivity contribution in [3.8, 4) is 0 Å². The minimum absolute atomic E-state index is 0.00803. The summed E-state index contributed by atoms with van der Waals surface area (Å²) in [5.41, 5.74) is -0.752. The Kier molecular flexibility index (Phi) is 6.98. The number of carboxylic acids is 2. The van der Waals surface area contributed by atoms with Crippen LogP contribution in [0.2, 0.25) is 0 Å². The molecule has 5 N–H and O–H groups in total. The van der Waals surface area contributed by atoms with Crippen LogP contribution in [-0.2, 0) is 14.3 Å². The summed E-state index contributed by atoms with van der Waals surface area (Å²) in [6.45, 7) is -0.658. The molecule has 0 radical (unpaired) electrons. The second kappa shape index (κ2) is 8.49. The van der Waals surface area contributed by atoms with Gasteiger partial charge in [0, 0.05) is 25.8 Å². The third-order valence-electron chi connectivity index (χ3n) is 3.34. The Hall–Kier alpha value is -2.13. The summed E-state index contributed by atoms with van der Waals surface area (Å²) < 4.78 is 5.25. The highest BCUT2D eigenvalue weighted by atomic mass is 16.5. The average molecular weight is 330 g/mol. The predicted octanol–water partition coefficient (Wildman–Crippen LogP) is -0.658. The van der Waals surface area contributed by atoms with Crippen LogP contribution in [0.4, 0.5) is 0 Å². The van der Waals surface area contributed by atoms with Crippen LogP contribution in [0.15, 0.2) is 16.4 Å². The van der Waals surface area contributed by atoms with Crippen LogP contribution < -0.4 is 5.32 Å². The van der Waals surface area contributed by atoms with Gasteiger partial charge in [0.15, 0.2) is 5.76 Å². The van der Waals surface area contributed by atoms with Crippen LogP contribution in [0.5, 0.6) is 0 Å². The van der Waals surface area contributed by atoms with Gasteiger partial charge in [-0.2, -0.15) is 0 Å². The van der Waals surface area contributed by atoms with Gasteiger partial charge >= 0.3 is 11.9 Å². The maximum Gasteiger partial charge on any atom is 0.322 e. The standard InChI is InChI=1S/C14H22N2O7/c1-23-13-9(15-4-2-3-11(18)19)5-14(22,8-17)6-10(13)16-7-12(20)21/h16-17,22H,2-8H2,1H3,(H,18,19)(H,20,21)/b15-9+/t14-/m1/s1. The van der Waals surface area contributed by atoms with E-state index in [1.807, 2.05) is 0 Å². The second-order valence-electron chi connectivity index (χ2n) is 5.32. The van der Waals surface area contributed by atoms with Crippen LogP contribution in [0.3, 0.4) is 0 Å². The number of hydrogen-bond donors (Lipinski definition) is 5. The van der Waals surface area contributed by atoms with Gasteiger partial charge in [0.25, 0.3) is 0 Å². The van der Waals surface area contributed by atoms with Crippen molar-refractivity contribution < 1.29 is 34.8 Å². The summed E-state index contributed by atoms with van der Waals surface area (Å²) in [6.07, 6.45) is 0.342. The van der Waals surface area contributed by atoms with E-state index in [1.54, 1.807) is 0 Å². The molecule has 1 atom stereocenters. The number of allylic oxidation sites excluding steroid dienone is 1. The molecule has 0 saturated carbocycles. The summed E-state index contributed by atoms with van der Waals surface area (Å²) in [5.74, 6) is -1.68. The summed E-state index contributed by atoms with van der Waals surface area (Å²) in [7, 11) is 1.40. The third-order valence-corrected chi connectivity index (χ3v) is 3.34. The first-order chi connectivity index (χ1) is 10.8. The number of ether oxygens (including phenoxy) is 1. The maximum atomic E-state index is 10.7. The number of aliphatic carboxylic acids is 2. The van der Waals surface area contributed by atoms with Gasteiger partial charge in [0.2, 0.25) is 0 Å². The van der Waals surface area contributed by atoms with Crippen molar-refractivity contribution in [2.75, 3.05) is 26.8 Å². The van der Waals surface area contributed by atoms with Gasteiger partial charge in [-0.05, 0) is 6.42 Å². The van der Waals surface area contributed by atoms with E-state index in [9.17, 15) is 19.8 Å². The number of hydrogen-bond acceptors (Lipinski definition) is 7. The number of carbonyl (C=O) groups is 2. The van der Waals surface area contributed by atoms with E-state index in [0.717, 1.165) is 0 Å². The summed E-state index contributed by atoms with van der Waals surface area (Å²) in [5, 5.41) is 39.7. The molecule has 0 saturated heterocycles. The summed E-state index contributed by atoms with van der Waals surface area (Å²) >= 11 is 0. The Balaban J connectivity index is 2.97. The minimum Gasteiger partial charge on any atom is -0.493 e. The van der Waals surface area contributed by atoms with Crippen molar-refractivity contribution >= 4 is 17.7 Å². The number of aliphatic hydroxyl groups is 2. The lowest BCUT2D eigenvalue weighted by atomic mass is 9.85. The number of nitrogens with zero attached hydrogens (tertiary/aromatic N) is 1. The highest BCUT2D eigenvalue weighted by Crippen LogP contribution is 2.30. The third kappa shape index (κ3) is 5.87. The number of nitrogens with one attached hydrogen (secondary N) is 1. The van der Waals surface area contributed by atoms with Crippen molar-refractivity contribution in [3.63, 3.8) is 0 Å². The quantitative estimate of drug-likeness (QED) is 0.350. The highest BCUT2D eigenvalue weighted by molar-refractivity contribution is 6.00. The van der Waals surface area contributed by atoms with E-state index in [4.69, 9.17) is 14.9 Å². The predicted molar refractivity (Wildman–Crippen MR) is 80.1 cm³/mol. The molecule has 0 fully saturated rings. The Labute approximate surface area is 133 Å². The molecule has 0 heterocycles. The molecule has 0 aromatic carbocycles. The monoisotopic (exact) mass is 330 g/mol. The Morgan fingerprint density at radius 1 is 1.30 bits per heavy atom. The van der Waals surface area contributed by atoms with Gasteiger partial charge in [-0.25, -0.2) is 0 Å². The van der Waals surface area contributed by atoms with Crippen LogP contribution in [0.25, 0.3) is 0 Å². The fraction of sp³-hybridized carbons (Fsp3) is 0.643. The van der Waals surface area contributed by atoms with Gasteiger partial charge in [-0.15, -0.1) is 0 Å². The lowest BCUT2D eigenvalue weighted by molar-refractivity contribution is -0.137. The van der Waals surface area contributed by atoms with Gasteiger partial charge < -0.3 is 30.5 Å². The SMILES string of the molecule is COC1=C(NCC(=O)O)C[C@@](O)(CO)C/C1=N\CCCC(=O)O. The Morgan fingerprint density at radius 2 is 2.00 bits per heavy atom. The molecule has 0 aromatic heterocycles. The zero-order valence-electron chi connectivity index (χ0n) is 12.9. The zero-order valence-corrected chi connectivity index (χ0v) is 12.9. The smallest absolute Gasteiger partial charge is 0.322 e. The molecule has 0 amide bonds. The fourth-order valence-electron chi connectivity index (χ4n) is 2.29. The summed E-state index contributed by atoms with van der Waals surface area (Å²) in [6, 6.07) is 0. The topological polar surface area (TPSA) is 149 Å². The molecule has 0 bridgehead atoms. The van der Waals surface area contributed by atoms with E-state index >= 15 is 0 Å². The first-order valence-electron chi connectivity index (χ1n) is 7.13. The second-order valence-corrected chi connectivity index (χ2v) is 5.32. The van der Waals surface area contributed by atoms with Gasteiger partial charge in [-0.3, -0.25) is 14.6 Å². The molecule has 0 aromatic rings. The molecular weight excluding hydrogens is 308 g/mol. The van der Waals surface area contributed by atoms with Crippen molar-refractivity contribution in [1.29, 1.82) is 0 Å². The average Bonchev–Trinajstić information content (AvgIpc) is 2.49. The molecule has 1 aliphatic carbocycles. The Bertz CT molecular complexity index is 515. The minimum atomic E-state index is -1.46. The van der Waals surface area contributed by atoms with E-state index < -0.39 is 24.1 Å². The van der Waals surface area contributed by atoms with E-state index in [0.29, 0.717) is 23.6 Å². The molecule has 9 nitrogen and oxygen atoms in total. The van der Waals surface area contributed by atoms with Crippen LogP contribution in [0.1, 0.15) is 25.7 Å². The number of aliphatic hydroxyl groups excluding tert-OH is 1. The van der Waals surface area contributed by atoms with Crippen molar-refractivity contribution in [3.05, 3.63) is 11.5 Å². The van der Waals surface area contributed by atoms with Gasteiger partial charge in [-0.1, -0.05) is 0 Å². The molecule has 23 heavy (non-hydrogen) atoms. The van der Waals surface area contributed by atoms with E-state index in [1.165, 1.54) is 7.11 Å². The first-order valence-corrected chi connectivity index (χ1v) is 7.13. The van der Waals surface area contributed by atoms with Crippen molar-refractivity contribution in [2.24, 2.45) is 4.99 Å². The van der Waals surface area contributed by atoms with Crippen molar-refractivity contribution in [2.45, 2.75) is 31.3 Å². The Morgan fingerprint density at radius 3 is 2.52 bits per heavy atom. The molecule has 1 rings (SSSR count). The molecular formula is C14H22N2O7. The van der Waals surface area contributed by atoms with Gasteiger partial charge in [0.05, 0.1) is 30.7 Å². The van der Waals surface area contributed by atoms with Gasteiger partial charge in [0.1, 0.15) is 6.54 Å². The zero-order chi connectivity index (χ0) is 17.5. The number of aliphatic imine (C=N–C) groups is 1. The first kappa shape index (κ1) is 18.9. The van der Waals surface area contributed by atoms with Crippen LogP contribution in [0, 0.1) is 0 Å². The maximum absolute atomic E-state index is 10.7. The van der Waals surface area contributed by atoms with Crippen LogP contribution in [-0.4, -0.2) is 70.5 Å². The normalized spacial score (nSPS) is 23.0. The molecule has 0 unspecified atom stereocenters. The number of rotatable bonds is 9. The lowest BCUT2D eigenvalue weighted by Gasteiger charge is -2.34. The molecule has 0 spiro atoms. The largest absolute Gasteiger partial charge is 0.493 e. The van der Waals surface area contributed by atoms with E-state index in [2.05, 4.69) is 10.3 Å². The molecule has 9 heteroatoms.